The summed E-state index contributed by atoms with van der Waals surface area (Å²) >= 11 is 9.16. The van der Waals surface area contributed by atoms with E-state index < -0.39 is 41.7 Å². The molecule has 2 heterocycles. The van der Waals surface area contributed by atoms with Gasteiger partial charge in [0.2, 0.25) is 11.8 Å². The molecule has 4 N–H and O–H groups in total. The molecule has 3 amide bonds. The quantitative estimate of drug-likeness (QED) is 0.205. The number of phenolic OH excluding ortho intramolecular Hbond substituents is 1. The fourth-order valence-electron chi connectivity index (χ4n) is 4.94. The van der Waals surface area contributed by atoms with Gasteiger partial charge < -0.3 is 35.3 Å². The number of amides is 3. The van der Waals surface area contributed by atoms with Gasteiger partial charge in [-0.25, -0.2) is 4.79 Å². The van der Waals surface area contributed by atoms with Crippen molar-refractivity contribution < 1.29 is 33.7 Å². The van der Waals surface area contributed by atoms with Crippen molar-refractivity contribution in [2.45, 2.75) is 83.9 Å². The SMILES string of the molecule is CC(OCc1ccccc1)[C@@H]1NC(=O)[C@@H](NC(=O)OC(C)(C)C)Cc2cc(I)c(O)c(c2)Oc2c(Br)cc(cc2Br)C[C@@H](C)NC1=O. The van der Waals surface area contributed by atoms with Gasteiger partial charge in [0.25, 0.3) is 0 Å². The largest absolute Gasteiger partial charge is 0.504 e. The second-order valence-corrected chi connectivity index (χ2v) is 15.3. The Morgan fingerprint density at radius 1 is 1.04 bits per heavy atom. The summed E-state index contributed by atoms with van der Waals surface area (Å²) < 4.78 is 19.5. The molecule has 0 saturated heterocycles. The van der Waals surface area contributed by atoms with Crippen molar-refractivity contribution in [2.75, 3.05) is 0 Å². The predicted octanol–water partition coefficient (Wildman–Crippen LogP) is 6.90. The first-order valence-electron chi connectivity index (χ1n) is 15.0. The molecule has 2 aliphatic rings. The maximum absolute atomic E-state index is 14.0. The zero-order chi connectivity index (χ0) is 34.5. The number of carbonyl (C=O) groups is 3. The maximum Gasteiger partial charge on any atom is 0.408 e. The Balaban J connectivity index is 1.76. The molecule has 0 radical (unpaired) electrons. The van der Waals surface area contributed by atoms with Crippen LogP contribution in [0.4, 0.5) is 4.79 Å². The van der Waals surface area contributed by atoms with Crippen LogP contribution in [0.2, 0.25) is 0 Å². The number of nitrogens with one attached hydrogen (secondary N) is 3. The standard InChI is InChI=1S/C34H38Br2IN3O7/c1-18-11-21-12-23(35)30(24(36)13-21)46-27-16-22(14-25(37)29(27)41)15-26(39-33(44)47-34(3,4)5)31(42)40-28(32(43)38-18)19(2)45-17-20-9-7-6-8-10-20/h6-10,12-14,16,18-19,26,28,41H,11,15,17H2,1-5H3,(H,38,43)(H,39,44)(H,40,42)/t18-,19?,26+,28+/m1/s1. The molecule has 5 rings (SSSR count). The molecule has 0 aromatic heterocycles. The lowest BCUT2D eigenvalue weighted by atomic mass is 10.0. The van der Waals surface area contributed by atoms with Crippen LogP contribution in [-0.2, 0) is 38.5 Å². The van der Waals surface area contributed by atoms with Gasteiger partial charge in [0, 0.05) is 12.5 Å². The van der Waals surface area contributed by atoms with Crippen LogP contribution in [0.3, 0.4) is 0 Å². The normalized spacial score (nSPS) is 19.5. The number of alkyl carbamates (subject to hydrolysis) is 1. The van der Waals surface area contributed by atoms with Gasteiger partial charge in [0.05, 0.1) is 25.2 Å². The molecule has 2 aliphatic heterocycles. The lowest BCUT2D eigenvalue weighted by Crippen LogP contribution is -2.59. The molecule has 3 aromatic carbocycles. The maximum atomic E-state index is 14.0. The Hall–Kier alpha value is -2.88. The fourth-order valence-corrected chi connectivity index (χ4v) is 7.05. The Bertz CT molecular complexity index is 1590. The number of rotatable bonds is 5. The summed E-state index contributed by atoms with van der Waals surface area (Å²) in [6.07, 6.45) is -1.09. The van der Waals surface area contributed by atoms with E-state index in [0.717, 1.165) is 11.1 Å². The van der Waals surface area contributed by atoms with Crippen LogP contribution in [0.1, 0.15) is 51.3 Å². The highest BCUT2D eigenvalue weighted by Gasteiger charge is 2.33. The monoisotopic (exact) mass is 885 g/mol. The van der Waals surface area contributed by atoms with Crippen molar-refractivity contribution in [2.24, 2.45) is 0 Å². The highest BCUT2D eigenvalue weighted by molar-refractivity contribution is 14.1. The van der Waals surface area contributed by atoms with E-state index in [0.29, 0.717) is 30.2 Å². The third-order valence-electron chi connectivity index (χ3n) is 7.14. The molecular formula is C34H38Br2IN3O7. The number of phenols is 1. The summed E-state index contributed by atoms with van der Waals surface area (Å²) in [5.74, 6) is -0.543. The van der Waals surface area contributed by atoms with Gasteiger partial charge in [-0.2, -0.15) is 0 Å². The van der Waals surface area contributed by atoms with E-state index in [1.807, 2.05) is 72.0 Å². The van der Waals surface area contributed by atoms with Crippen LogP contribution in [0, 0.1) is 3.57 Å². The van der Waals surface area contributed by atoms with Crippen molar-refractivity contribution in [1.29, 1.82) is 0 Å². The molecule has 0 fully saturated rings. The first-order valence-corrected chi connectivity index (χ1v) is 17.7. The van der Waals surface area contributed by atoms with E-state index in [9.17, 15) is 19.5 Å². The number of ether oxygens (including phenoxy) is 3. The van der Waals surface area contributed by atoms with Gasteiger partial charge in [-0.05, 0) is 136 Å². The first kappa shape index (κ1) is 36.9. The summed E-state index contributed by atoms with van der Waals surface area (Å²) in [6, 6.07) is 14.0. The fraction of sp³-hybridized carbons (Fsp3) is 0.382. The van der Waals surface area contributed by atoms with E-state index in [-0.39, 0.29) is 30.6 Å². The molecular weight excluding hydrogens is 849 g/mol. The average Bonchev–Trinajstić information content (AvgIpc) is 2.97. The number of hydrogen-bond donors (Lipinski definition) is 4. The van der Waals surface area contributed by atoms with Crippen LogP contribution < -0.4 is 20.7 Å². The Kier molecular flexibility index (Phi) is 12.6. The predicted molar refractivity (Wildman–Crippen MR) is 194 cm³/mol. The Labute approximate surface area is 305 Å². The van der Waals surface area contributed by atoms with Crippen LogP contribution >= 0.6 is 54.5 Å². The zero-order valence-corrected chi connectivity index (χ0v) is 32.0. The van der Waals surface area contributed by atoms with E-state index in [2.05, 4.69) is 47.8 Å². The highest BCUT2D eigenvalue weighted by atomic mass is 127. The number of halogens is 3. The molecule has 13 heteroatoms. The summed E-state index contributed by atoms with van der Waals surface area (Å²) in [5.41, 5.74) is 1.57. The lowest BCUT2D eigenvalue weighted by Gasteiger charge is -2.29. The molecule has 10 nitrogen and oxygen atoms in total. The van der Waals surface area contributed by atoms with E-state index >= 15 is 0 Å². The molecule has 252 valence electrons. The summed E-state index contributed by atoms with van der Waals surface area (Å²) in [4.78, 5) is 40.7. The molecule has 3 aromatic rings. The van der Waals surface area contributed by atoms with Crippen LogP contribution in [-0.4, -0.2) is 52.8 Å². The van der Waals surface area contributed by atoms with E-state index in [1.165, 1.54) is 0 Å². The second kappa shape index (κ2) is 16.0. The summed E-state index contributed by atoms with van der Waals surface area (Å²) in [5, 5.41) is 19.4. The second-order valence-electron chi connectivity index (χ2n) is 12.4. The number of carbonyl (C=O) groups excluding carboxylic acids is 3. The number of aromatic hydroxyl groups is 1. The van der Waals surface area contributed by atoms with E-state index in [4.69, 9.17) is 14.2 Å². The molecule has 0 aliphatic carbocycles. The Morgan fingerprint density at radius 3 is 2.32 bits per heavy atom. The molecule has 4 atom stereocenters. The van der Waals surface area contributed by atoms with Gasteiger partial charge in [-0.3, -0.25) is 9.59 Å². The Morgan fingerprint density at radius 2 is 1.68 bits per heavy atom. The van der Waals surface area contributed by atoms with Crippen LogP contribution in [0.5, 0.6) is 17.2 Å². The van der Waals surface area contributed by atoms with Gasteiger partial charge >= 0.3 is 6.09 Å². The third kappa shape index (κ3) is 10.6. The molecule has 0 saturated carbocycles. The smallest absolute Gasteiger partial charge is 0.408 e. The minimum Gasteiger partial charge on any atom is -0.504 e. The van der Waals surface area contributed by atoms with Crippen molar-refractivity contribution in [3.05, 3.63) is 83.8 Å². The van der Waals surface area contributed by atoms with Crippen molar-refractivity contribution in [3.63, 3.8) is 0 Å². The molecule has 47 heavy (non-hydrogen) atoms. The van der Waals surface area contributed by atoms with Gasteiger partial charge in [0.1, 0.15) is 17.7 Å². The number of benzene rings is 3. The first-order chi connectivity index (χ1) is 22.1. The molecule has 1 unspecified atom stereocenters. The number of fused-ring (bicyclic) bond motifs is 10. The molecule has 4 bridgehead atoms. The van der Waals surface area contributed by atoms with E-state index in [1.54, 1.807) is 39.8 Å². The minimum absolute atomic E-state index is 0.0109. The van der Waals surface area contributed by atoms with Gasteiger partial charge in [-0.1, -0.05) is 30.3 Å². The topological polar surface area (TPSA) is 135 Å². The summed E-state index contributed by atoms with van der Waals surface area (Å²) in [6.45, 7) is 8.96. The lowest BCUT2D eigenvalue weighted by molar-refractivity contribution is -0.134. The average molecular weight is 887 g/mol. The van der Waals surface area contributed by atoms with Crippen molar-refractivity contribution >= 4 is 72.4 Å². The van der Waals surface area contributed by atoms with Crippen molar-refractivity contribution in [1.82, 2.24) is 16.0 Å². The highest BCUT2D eigenvalue weighted by Crippen LogP contribution is 2.42. The molecule has 0 spiro atoms. The number of hydrogen-bond acceptors (Lipinski definition) is 7. The van der Waals surface area contributed by atoms with Crippen LogP contribution in [0.25, 0.3) is 0 Å². The van der Waals surface area contributed by atoms with Gasteiger partial charge in [-0.15, -0.1) is 0 Å². The van der Waals surface area contributed by atoms with Crippen molar-refractivity contribution in [3.8, 4) is 17.2 Å². The van der Waals surface area contributed by atoms with Crippen LogP contribution in [0.15, 0.2) is 63.5 Å². The third-order valence-corrected chi connectivity index (χ3v) is 9.14. The van der Waals surface area contributed by atoms with Gasteiger partial charge in [0.15, 0.2) is 17.2 Å². The summed E-state index contributed by atoms with van der Waals surface area (Å²) in [7, 11) is 0. The zero-order valence-electron chi connectivity index (χ0n) is 26.7. The minimum atomic E-state index is -1.17.